The molecule has 1 fully saturated rings. The Morgan fingerprint density at radius 3 is 2.42 bits per heavy atom. The molecule has 0 radical (unpaired) electrons. The molecule has 1 saturated carbocycles. The second-order valence-corrected chi connectivity index (χ2v) is 6.79. The highest BCUT2D eigenvalue weighted by atomic mass is 16.2. The molecule has 5 nitrogen and oxygen atoms in total. The first kappa shape index (κ1) is 15.2. The molecule has 26 heavy (non-hydrogen) atoms. The summed E-state index contributed by atoms with van der Waals surface area (Å²) in [6.45, 7) is 6.02. The Morgan fingerprint density at radius 1 is 1.15 bits per heavy atom. The van der Waals surface area contributed by atoms with Crippen molar-refractivity contribution in [1.82, 2.24) is 14.3 Å². The standard InChI is InChI=1S/C21H21N3O2/c1-14(18-13-19(18)16-9-5-3-6-10-16)15(2)24-21(26)23(20(25)22-24)17-11-7-4-8-12-17/h3-12,15,18-19H,1,13H2,2H3,(H,22,25)/i/hD. The number of allylic oxidation sites excluding steroid dienone is 1. The van der Waals surface area contributed by atoms with Crippen LogP contribution in [0.4, 0.5) is 0 Å². The highest BCUT2D eigenvalue weighted by molar-refractivity contribution is 5.33. The first-order valence-corrected chi connectivity index (χ1v) is 8.75. The molecule has 0 saturated heterocycles. The fourth-order valence-electron chi connectivity index (χ4n) is 3.55. The fraction of sp³-hybridized carbons (Fsp3) is 0.238. The number of nitrogens with one attached hydrogen (secondary N) is 1. The van der Waals surface area contributed by atoms with Crippen LogP contribution in [-0.4, -0.2) is 14.3 Å². The Labute approximate surface area is 152 Å². The molecule has 0 amide bonds. The number of benzene rings is 2. The maximum absolute atomic E-state index is 12.9. The lowest BCUT2D eigenvalue weighted by Gasteiger charge is -2.15. The van der Waals surface area contributed by atoms with E-state index in [0.717, 1.165) is 16.6 Å². The van der Waals surface area contributed by atoms with Gasteiger partial charge in [-0.1, -0.05) is 55.1 Å². The molecule has 4 rings (SSSR count). The molecular weight excluding hydrogens is 326 g/mol. The Hall–Kier alpha value is -3.08. The minimum atomic E-state index is -0.679. The van der Waals surface area contributed by atoms with Crippen LogP contribution in [0.25, 0.3) is 5.69 Å². The number of para-hydroxylation sites is 1. The van der Waals surface area contributed by atoms with Crippen LogP contribution in [0.15, 0.2) is 82.4 Å². The van der Waals surface area contributed by atoms with E-state index in [-0.39, 0.29) is 5.92 Å². The van der Waals surface area contributed by atoms with Gasteiger partial charge in [-0.25, -0.2) is 23.9 Å². The van der Waals surface area contributed by atoms with E-state index in [9.17, 15) is 9.59 Å². The van der Waals surface area contributed by atoms with Crippen molar-refractivity contribution in [2.75, 3.05) is 0 Å². The van der Waals surface area contributed by atoms with E-state index in [2.05, 4.69) is 18.7 Å². The Balaban J connectivity index is 1.65. The topological polar surface area (TPSA) is 59.8 Å². The van der Waals surface area contributed by atoms with Gasteiger partial charge < -0.3 is 0 Å². The van der Waals surface area contributed by atoms with Crippen LogP contribution >= 0.6 is 0 Å². The van der Waals surface area contributed by atoms with Crippen LogP contribution in [0.2, 0.25) is 1.41 Å². The molecule has 1 aliphatic rings. The zero-order valence-electron chi connectivity index (χ0n) is 15.6. The minimum absolute atomic E-state index is 0.254. The van der Waals surface area contributed by atoms with Crippen LogP contribution < -0.4 is 11.4 Å². The molecule has 5 heteroatoms. The molecule has 3 unspecified atom stereocenters. The second-order valence-electron chi connectivity index (χ2n) is 6.79. The average Bonchev–Trinajstić information content (AvgIpc) is 3.46. The van der Waals surface area contributed by atoms with Crippen molar-refractivity contribution in [2.24, 2.45) is 5.92 Å². The van der Waals surface area contributed by atoms with E-state index in [0.29, 0.717) is 16.7 Å². The van der Waals surface area contributed by atoms with Crippen LogP contribution in [0, 0.1) is 5.92 Å². The molecule has 1 aromatic heterocycles. The van der Waals surface area contributed by atoms with E-state index in [1.807, 2.05) is 31.2 Å². The molecule has 3 aromatic rings. The summed E-state index contributed by atoms with van der Waals surface area (Å²) in [5.74, 6) is 0.642. The van der Waals surface area contributed by atoms with Crippen molar-refractivity contribution in [1.29, 1.82) is 0 Å². The molecule has 0 aliphatic heterocycles. The highest BCUT2D eigenvalue weighted by Crippen LogP contribution is 2.53. The zero-order valence-corrected chi connectivity index (χ0v) is 14.6. The normalized spacial score (nSPS) is 20.4. The van der Waals surface area contributed by atoms with Crippen molar-refractivity contribution in [3.05, 3.63) is 99.3 Å². The van der Waals surface area contributed by atoms with Gasteiger partial charge in [0.1, 0.15) is 0 Å². The van der Waals surface area contributed by atoms with Gasteiger partial charge in [-0.05, 0) is 48.4 Å². The number of aromatic amines is 1. The number of rotatable bonds is 5. The largest absolute Gasteiger partial charge is 0.352 e. The lowest BCUT2D eigenvalue weighted by atomic mass is 10.0. The smallest absolute Gasteiger partial charge is 0.246 e. The van der Waals surface area contributed by atoms with Gasteiger partial charge in [0.05, 0.1) is 11.7 Å². The second kappa shape index (κ2) is 6.33. The van der Waals surface area contributed by atoms with Gasteiger partial charge >= 0.3 is 11.4 Å². The summed E-state index contributed by atoms with van der Waals surface area (Å²) in [6.07, 6.45) is 0.976. The van der Waals surface area contributed by atoms with Gasteiger partial charge in [-0.3, -0.25) is 0 Å². The third-order valence-corrected chi connectivity index (χ3v) is 5.18. The SMILES string of the molecule is [2H]n1c(=O)n(-c2ccccc2)c(=O)n1C(C)C(=C)C1CC1c1ccccc1. The first-order chi connectivity index (χ1) is 13.0. The van der Waals surface area contributed by atoms with E-state index in [1.54, 1.807) is 24.3 Å². The highest BCUT2D eigenvalue weighted by Gasteiger charge is 2.42. The Kier molecular flexibility index (Phi) is 3.70. The van der Waals surface area contributed by atoms with Gasteiger partial charge in [0.2, 0.25) is 0 Å². The summed E-state index contributed by atoms with van der Waals surface area (Å²) in [5, 5.41) is 0.644. The predicted molar refractivity (Wildman–Crippen MR) is 102 cm³/mol. The van der Waals surface area contributed by atoms with Gasteiger partial charge in [-0.2, -0.15) is 0 Å². The predicted octanol–water partition coefficient (Wildman–Crippen LogP) is 3.25. The number of hydrogen-bond acceptors (Lipinski definition) is 2. The van der Waals surface area contributed by atoms with Crippen LogP contribution in [0.1, 0.15) is 30.9 Å². The maximum Gasteiger partial charge on any atom is 0.352 e. The summed E-state index contributed by atoms with van der Waals surface area (Å²) in [4.78, 5) is 25.4. The summed E-state index contributed by atoms with van der Waals surface area (Å²) < 4.78 is 10.3. The lowest BCUT2D eigenvalue weighted by Crippen LogP contribution is -2.29. The molecule has 1 N–H and O–H groups in total. The van der Waals surface area contributed by atoms with Crippen molar-refractivity contribution >= 4 is 0 Å². The minimum Gasteiger partial charge on any atom is -0.246 e. The lowest BCUT2D eigenvalue weighted by molar-refractivity contribution is 0.510. The van der Waals surface area contributed by atoms with Gasteiger partial charge in [0.25, 0.3) is 0 Å². The molecule has 3 atom stereocenters. The number of aromatic nitrogens is 3. The van der Waals surface area contributed by atoms with Crippen LogP contribution in [0.3, 0.4) is 0 Å². The number of nitrogens with zero attached hydrogens (tertiary/aromatic N) is 2. The summed E-state index contributed by atoms with van der Waals surface area (Å²) in [5.41, 5.74) is 1.39. The van der Waals surface area contributed by atoms with Crippen LogP contribution in [0.5, 0.6) is 0 Å². The molecule has 0 bridgehead atoms. The van der Waals surface area contributed by atoms with Crippen molar-refractivity contribution < 1.29 is 1.41 Å². The Morgan fingerprint density at radius 2 is 1.77 bits per heavy atom. The molecule has 132 valence electrons. The summed E-state index contributed by atoms with van der Waals surface area (Å²) in [7, 11) is 0. The van der Waals surface area contributed by atoms with E-state index in [4.69, 9.17) is 1.41 Å². The molecule has 1 heterocycles. The monoisotopic (exact) mass is 348 g/mol. The van der Waals surface area contributed by atoms with Crippen LogP contribution in [-0.2, 0) is 0 Å². The van der Waals surface area contributed by atoms with E-state index in [1.165, 1.54) is 10.2 Å². The van der Waals surface area contributed by atoms with Crippen molar-refractivity contribution in [3.8, 4) is 5.69 Å². The molecule has 2 aromatic carbocycles. The summed E-state index contributed by atoms with van der Waals surface area (Å²) >= 11 is 0. The number of hydrogen-bond donors (Lipinski definition) is 1. The third kappa shape index (κ3) is 2.75. The van der Waals surface area contributed by atoms with Gasteiger partial charge in [0.15, 0.2) is 1.41 Å². The van der Waals surface area contributed by atoms with Crippen molar-refractivity contribution in [2.45, 2.75) is 25.3 Å². The Bertz CT molecular complexity index is 1100. The quantitative estimate of drug-likeness (QED) is 0.720. The van der Waals surface area contributed by atoms with Gasteiger partial charge in [-0.15, -0.1) is 0 Å². The van der Waals surface area contributed by atoms with E-state index < -0.39 is 17.4 Å². The molecule has 0 spiro atoms. The van der Waals surface area contributed by atoms with Crippen molar-refractivity contribution in [3.63, 3.8) is 0 Å². The molecular formula is C21H21N3O2. The zero-order chi connectivity index (χ0) is 19.1. The fourth-order valence-corrected chi connectivity index (χ4v) is 3.55. The van der Waals surface area contributed by atoms with Gasteiger partial charge in [0, 0.05) is 0 Å². The number of H-pyrrole nitrogens is 1. The van der Waals surface area contributed by atoms with E-state index >= 15 is 0 Å². The maximum atomic E-state index is 12.9. The molecule has 1 aliphatic carbocycles. The summed E-state index contributed by atoms with van der Waals surface area (Å²) in [6, 6.07) is 18.5. The first-order valence-electron chi connectivity index (χ1n) is 9.20. The third-order valence-electron chi connectivity index (χ3n) is 5.18. The average molecular weight is 348 g/mol.